The molecule has 0 radical (unpaired) electrons. The molecule has 0 saturated heterocycles. The molecular weight excluding hydrogens is 279 g/mol. The summed E-state index contributed by atoms with van der Waals surface area (Å²) in [5, 5.41) is 3.21. The minimum Gasteiger partial charge on any atom is -0.324 e. The Balaban J connectivity index is 2.04. The van der Waals surface area contributed by atoms with Crippen LogP contribution in [0.3, 0.4) is 0 Å². The summed E-state index contributed by atoms with van der Waals surface area (Å²) >= 11 is 9.00. The first kappa shape index (κ1) is 10.9. The van der Waals surface area contributed by atoms with Crippen LogP contribution in [-0.4, -0.2) is 10.9 Å². The number of hydrogen-bond acceptors (Lipinski definition) is 2. The monoisotopic (exact) mass is 288 g/mol. The molecule has 2 unspecified atom stereocenters. The Morgan fingerprint density at radius 3 is 2.93 bits per heavy atom. The van der Waals surface area contributed by atoms with E-state index in [1.807, 2.05) is 0 Å². The van der Waals surface area contributed by atoms with Crippen molar-refractivity contribution < 1.29 is 4.79 Å². The maximum Gasteiger partial charge on any atom is 0.227 e. The number of anilines is 1. The average Bonchev–Trinajstić information content (AvgIpc) is 2.89. The molecule has 1 aliphatic carbocycles. The van der Waals surface area contributed by atoms with Crippen molar-refractivity contribution in [1.29, 1.82) is 0 Å². The maximum atomic E-state index is 11.6. The summed E-state index contributed by atoms with van der Waals surface area (Å²) in [7, 11) is 0. The molecule has 3 nitrogen and oxygen atoms in total. The van der Waals surface area contributed by atoms with Crippen LogP contribution in [0.15, 0.2) is 16.7 Å². The van der Waals surface area contributed by atoms with Crippen LogP contribution in [0.1, 0.15) is 13.3 Å². The number of amides is 1. The number of halogens is 2. The lowest BCUT2D eigenvalue weighted by Gasteiger charge is -2.04. The highest BCUT2D eigenvalue weighted by atomic mass is 79.9. The van der Waals surface area contributed by atoms with Crippen LogP contribution in [0.5, 0.6) is 0 Å². The average molecular weight is 290 g/mol. The van der Waals surface area contributed by atoms with Gasteiger partial charge in [0.15, 0.2) is 0 Å². The molecule has 2 atom stereocenters. The highest BCUT2D eigenvalue weighted by molar-refractivity contribution is 9.10. The zero-order valence-corrected chi connectivity index (χ0v) is 10.5. The molecule has 1 heterocycles. The van der Waals surface area contributed by atoms with Gasteiger partial charge < -0.3 is 5.32 Å². The molecule has 1 fully saturated rings. The number of rotatable bonds is 2. The van der Waals surface area contributed by atoms with E-state index in [4.69, 9.17) is 11.6 Å². The van der Waals surface area contributed by atoms with Gasteiger partial charge in [-0.2, -0.15) is 0 Å². The Hall–Kier alpha value is -0.610. The van der Waals surface area contributed by atoms with Crippen molar-refractivity contribution in [3.8, 4) is 0 Å². The fourth-order valence-electron chi connectivity index (χ4n) is 1.41. The Labute approximate surface area is 101 Å². The van der Waals surface area contributed by atoms with Gasteiger partial charge >= 0.3 is 0 Å². The van der Waals surface area contributed by atoms with Crippen molar-refractivity contribution in [2.24, 2.45) is 11.8 Å². The topological polar surface area (TPSA) is 42.0 Å². The standard InChI is InChI=1S/C10H10BrClN2O/c1-5-2-7(5)10(15)14-6-3-8(11)9(12)13-4-6/h3-5,7H,2H2,1H3,(H,14,15). The van der Waals surface area contributed by atoms with Gasteiger partial charge in [-0.15, -0.1) is 0 Å². The van der Waals surface area contributed by atoms with Gasteiger partial charge in [0, 0.05) is 5.92 Å². The predicted octanol–water partition coefficient (Wildman–Crippen LogP) is 3.09. The van der Waals surface area contributed by atoms with E-state index < -0.39 is 0 Å². The van der Waals surface area contributed by atoms with Crippen LogP contribution in [0.2, 0.25) is 5.15 Å². The predicted molar refractivity (Wildman–Crippen MR) is 62.8 cm³/mol. The third-order valence-corrected chi connectivity index (χ3v) is 3.64. The molecule has 1 aromatic rings. The smallest absolute Gasteiger partial charge is 0.227 e. The number of aromatic nitrogens is 1. The van der Waals surface area contributed by atoms with Gasteiger partial charge in [0.1, 0.15) is 5.15 Å². The van der Waals surface area contributed by atoms with Crippen LogP contribution in [0, 0.1) is 11.8 Å². The van der Waals surface area contributed by atoms with Gasteiger partial charge in [0.2, 0.25) is 5.91 Å². The van der Waals surface area contributed by atoms with Crippen molar-refractivity contribution in [2.45, 2.75) is 13.3 Å². The minimum absolute atomic E-state index is 0.0681. The maximum absolute atomic E-state index is 11.6. The van der Waals surface area contributed by atoms with Crippen LogP contribution < -0.4 is 5.32 Å². The molecule has 1 aliphatic rings. The van der Waals surface area contributed by atoms with E-state index in [2.05, 4.69) is 33.2 Å². The van der Waals surface area contributed by atoms with E-state index in [0.29, 0.717) is 21.2 Å². The molecule has 0 spiro atoms. The summed E-state index contributed by atoms with van der Waals surface area (Å²) in [4.78, 5) is 15.5. The molecule has 1 aromatic heterocycles. The minimum atomic E-state index is 0.0681. The van der Waals surface area contributed by atoms with Crippen molar-refractivity contribution in [3.05, 3.63) is 21.9 Å². The lowest BCUT2D eigenvalue weighted by molar-refractivity contribution is -0.117. The normalized spacial score (nSPS) is 23.7. The van der Waals surface area contributed by atoms with E-state index in [0.717, 1.165) is 6.42 Å². The van der Waals surface area contributed by atoms with Crippen molar-refractivity contribution in [2.75, 3.05) is 5.32 Å². The number of carbonyl (C=O) groups is 1. The zero-order chi connectivity index (χ0) is 11.0. The molecule has 1 N–H and O–H groups in total. The van der Waals surface area contributed by atoms with Gasteiger partial charge in [-0.25, -0.2) is 4.98 Å². The zero-order valence-electron chi connectivity index (χ0n) is 8.13. The molecule has 5 heteroatoms. The number of nitrogens with one attached hydrogen (secondary N) is 1. The Morgan fingerprint density at radius 2 is 2.40 bits per heavy atom. The van der Waals surface area contributed by atoms with E-state index >= 15 is 0 Å². The molecule has 1 amide bonds. The lowest BCUT2D eigenvalue weighted by atomic mass is 10.3. The quantitative estimate of drug-likeness (QED) is 0.850. The Bertz CT molecular complexity index is 410. The van der Waals surface area contributed by atoms with Crippen LogP contribution in [0.25, 0.3) is 0 Å². The van der Waals surface area contributed by atoms with E-state index in [1.54, 1.807) is 12.3 Å². The SMILES string of the molecule is CC1CC1C(=O)Nc1cnc(Cl)c(Br)c1. The summed E-state index contributed by atoms with van der Waals surface area (Å²) in [5.41, 5.74) is 0.676. The van der Waals surface area contributed by atoms with Crippen LogP contribution in [-0.2, 0) is 4.79 Å². The second-order valence-corrected chi connectivity index (χ2v) is 5.02. The fourth-order valence-corrected chi connectivity index (χ4v) is 1.86. The summed E-state index contributed by atoms with van der Waals surface area (Å²) in [6.07, 6.45) is 2.53. The number of carbonyl (C=O) groups excluding carboxylic acids is 1. The summed E-state index contributed by atoms with van der Waals surface area (Å²) in [6, 6.07) is 1.75. The number of nitrogens with zero attached hydrogens (tertiary/aromatic N) is 1. The van der Waals surface area contributed by atoms with Crippen molar-refractivity contribution in [1.82, 2.24) is 4.98 Å². The highest BCUT2D eigenvalue weighted by Crippen LogP contribution is 2.38. The summed E-state index contributed by atoms with van der Waals surface area (Å²) in [5.74, 6) is 0.742. The van der Waals surface area contributed by atoms with Gasteiger partial charge in [-0.3, -0.25) is 4.79 Å². The van der Waals surface area contributed by atoms with E-state index in [-0.39, 0.29) is 11.8 Å². The summed E-state index contributed by atoms with van der Waals surface area (Å²) < 4.78 is 0.686. The molecule has 80 valence electrons. The molecule has 0 aromatic carbocycles. The fraction of sp³-hybridized carbons (Fsp3) is 0.400. The summed E-state index contributed by atoms with van der Waals surface area (Å²) in [6.45, 7) is 2.07. The number of pyridine rings is 1. The molecule has 15 heavy (non-hydrogen) atoms. The molecular formula is C10H10BrClN2O. The second kappa shape index (κ2) is 4.10. The van der Waals surface area contributed by atoms with E-state index in [9.17, 15) is 4.79 Å². The highest BCUT2D eigenvalue weighted by Gasteiger charge is 2.39. The second-order valence-electron chi connectivity index (χ2n) is 3.81. The van der Waals surface area contributed by atoms with Crippen molar-refractivity contribution >= 4 is 39.1 Å². The first-order valence-corrected chi connectivity index (χ1v) is 5.87. The first-order chi connectivity index (χ1) is 7.08. The Morgan fingerprint density at radius 1 is 1.73 bits per heavy atom. The Kier molecular flexibility index (Phi) is 2.98. The molecule has 1 saturated carbocycles. The third kappa shape index (κ3) is 2.49. The van der Waals surface area contributed by atoms with Gasteiger partial charge in [-0.1, -0.05) is 18.5 Å². The van der Waals surface area contributed by atoms with Gasteiger partial charge in [0.25, 0.3) is 0 Å². The van der Waals surface area contributed by atoms with Gasteiger partial charge in [0.05, 0.1) is 16.4 Å². The van der Waals surface area contributed by atoms with E-state index in [1.165, 1.54) is 0 Å². The lowest BCUT2D eigenvalue weighted by Crippen LogP contribution is -2.14. The van der Waals surface area contributed by atoms with Gasteiger partial charge in [-0.05, 0) is 34.3 Å². The molecule has 0 bridgehead atoms. The third-order valence-electron chi connectivity index (χ3n) is 2.51. The van der Waals surface area contributed by atoms with Crippen molar-refractivity contribution in [3.63, 3.8) is 0 Å². The van der Waals surface area contributed by atoms with Crippen LogP contribution >= 0.6 is 27.5 Å². The number of hydrogen-bond donors (Lipinski definition) is 1. The molecule has 0 aliphatic heterocycles. The largest absolute Gasteiger partial charge is 0.324 e. The van der Waals surface area contributed by atoms with Crippen LogP contribution in [0.4, 0.5) is 5.69 Å². The molecule has 2 rings (SSSR count). The first-order valence-electron chi connectivity index (χ1n) is 4.70.